The first-order chi connectivity index (χ1) is 9.87. The summed E-state index contributed by atoms with van der Waals surface area (Å²) in [6, 6.07) is 3.82. The molecule has 1 aliphatic heterocycles. The van der Waals surface area contributed by atoms with Crippen LogP contribution in [0.5, 0.6) is 0 Å². The Balaban J connectivity index is 2.24. The second kappa shape index (κ2) is 6.29. The predicted molar refractivity (Wildman–Crippen MR) is 80.9 cm³/mol. The van der Waals surface area contributed by atoms with Gasteiger partial charge in [-0.05, 0) is 44.6 Å². The van der Waals surface area contributed by atoms with E-state index in [0.717, 1.165) is 38.5 Å². The number of nitrogen functional groups attached to an aromatic ring is 1. The molecule has 0 aliphatic carbocycles. The molecule has 0 spiro atoms. The standard InChI is InChI=1S/C14H22FN3O2S/c1-3-18-9-7-11(8-10-18)17(2)21(19,20)14-12(15)5-4-6-13(14)16/h4-6,11H,3,7-10,16H2,1-2H3. The quantitative estimate of drug-likeness (QED) is 0.855. The number of likely N-dealkylation sites (tertiary alicyclic amines) is 1. The Bertz CT molecular complexity index is 578. The van der Waals surface area contributed by atoms with Gasteiger partial charge >= 0.3 is 0 Å². The Hall–Kier alpha value is -1.18. The van der Waals surface area contributed by atoms with E-state index in [1.165, 1.54) is 23.5 Å². The lowest BCUT2D eigenvalue weighted by Gasteiger charge is -2.35. The fourth-order valence-corrected chi connectivity index (χ4v) is 4.31. The van der Waals surface area contributed by atoms with E-state index in [0.29, 0.717) is 0 Å². The highest BCUT2D eigenvalue weighted by Crippen LogP contribution is 2.28. The van der Waals surface area contributed by atoms with Gasteiger partial charge in [0.1, 0.15) is 10.7 Å². The molecule has 1 heterocycles. The summed E-state index contributed by atoms with van der Waals surface area (Å²) in [7, 11) is -2.40. The van der Waals surface area contributed by atoms with Crippen molar-refractivity contribution in [1.82, 2.24) is 9.21 Å². The van der Waals surface area contributed by atoms with Gasteiger partial charge in [-0.3, -0.25) is 0 Å². The summed E-state index contributed by atoms with van der Waals surface area (Å²) in [5, 5.41) is 0. The number of sulfonamides is 1. The predicted octanol–water partition coefficient (Wildman–Crippen LogP) is 1.51. The lowest BCUT2D eigenvalue weighted by atomic mass is 10.1. The van der Waals surface area contributed by atoms with Crippen LogP contribution in [0.15, 0.2) is 23.1 Å². The van der Waals surface area contributed by atoms with E-state index in [9.17, 15) is 12.8 Å². The van der Waals surface area contributed by atoms with Gasteiger partial charge in [0.15, 0.2) is 0 Å². The van der Waals surface area contributed by atoms with Crippen molar-refractivity contribution in [3.8, 4) is 0 Å². The van der Waals surface area contributed by atoms with Crippen molar-refractivity contribution in [2.45, 2.75) is 30.7 Å². The lowest BCUT2D eigenvalue weighted by Crippen LogP contribution is -2.45. The first kappa shape index (κ1) is 16.2. The Morgan fingerprint density at radius 3 is 2.52 bits per heavy atom. The molecule has 0 bridgehead atoms. The second-order valence-corrected chi connectivity index (χ2v) is 7.28. The van der Waals surface area contributed by atoms with E-state index in [2.05, 4.69) is 11.8 Å². The van der Waals surface area contributed by atoms with E-state index in [1.54, 1.807) is 0 Å². The van der Waals surface area contributed by atoms with Crippen LogP contribution >= 0.6 is 0 Å². The number of piperidine rings is 1. The molecule has 2 N–H and O–H groups in total. The highest BCUT2D eigenvalue weighted by Gasteiger charge is 2.33. The summed E-state index contributed by atoms with van der Waals surface area (Å²) < 4.78 is 40.4. The lowest BCUT2D eigenvalue weighted by molar-refractivity contribution is 0.176. The molecule has 0 saturated carbocycles. The minimum absolute atomic E-state index is 0.0483. The molecule has 7 heteroatoms. The van der Waals surface area contributed by atoms with Crippen LogP contribution in [0.25, 0.3) is 0 Å². The molecular formula is C14H22FN3O2S. The summed E-state index contributed by atoms with van der Waals surface area (Å²) in [4.78, 5) is 1.86. The Morgan fingerprint density at radius 2 is 2.00 bits per heavy atom. The summed E-state index contributed by atoms with van der Waals surface area (Å²) in [5.74, 6) is -0.798. The van der Waals surface area contributed by atoms with Gasteiger partial charge < -0.3 is 10.6 Å². The third kappa shape index (κ3) is 3.20. The summed E-state index contributed by atoms with van der Waals surface area (Å²) in [6.45, 7) is 4.76. The maximum absolute atomic E-state index is 13.9. The topological polar surface area (TPSA) is 66.6 Å². The molecule has 0 atom stereocenters. The van der Waals surface area contributed by atoms with Gasteiger partial charge in [0.05, 0.1) is 5.69 Å². The molecule has 118 valence electrons. The Morgan fingerprint density at radius 1 is 1.38 bits per heavy atom. The third-order valence-corrected chi connectivity index (χ3v) is 6.16. The smallest absolute Gasteiger partial charge is 0.248 e. The van der Waals surface area contributed by atoms with Gasteiger partial charge in [-0.25, -0.2) is 12.8 Å². The molecule has 0 unspecified atom stereocenters. The van der Waals surface area contributed by atoms with Crippen LogP contribution in [0.1, 0.15) is 19.8 Å². The SMILES string of the molecule is CCN1CCC(N(C)S(=O)(=O)c2c(N)cccc2F)CC1. The van der Waals surface area contributed by atoms with E-state index in [-0.39, 0.29) is 11.7 Å². The number of nitrogens with zero attached hydrogens (tertiary/aromatic N) is 2. The number of halogens is 1. The number of benzene rings is 1. The van der Waals surface area contributed by atoms with Gasteiger partial charge in [-0.2, -0.15) is 4.31 Å². The van der Waals surface area contributed by atoms with Gasteiger partial charge in [-0.15, -0.1) is 0 Å². The average molecular weight is 315 g/mol. The summed E-state index contributed by atoms with van der Waals surface area (Å²) in [6.07, 6.45) is 1.50. The maximum atomic E-state index is 13.9. The molecule has 1 fully saturated rings. The van der Waals surface area contributed by atoms with Gasteiger partial charge in [0.2, 0.25) is 10.0 Å². The van der Waals surface area contributed by atoms with Crippen molar-refractivity contribution in [2.75, 3.05) is 32.4 Å². The molecular weight excluding hydrogens is 293 g/mol. The van der Waals surface area contributed by atoms with Crippen LogP contribution in [-0.4, -0.2) is 50.3 Å². The zero-order chi connectivity index (χ0) is 15.6. The molecule has 1 aromatic carbocycles. The Kier molecular flexibility index (Phi) is 4.85. The van der Waals surface area contributed by atoms with Crippen molar-refractivity contribution >= 4 is 15.7 Å². The number of hydrogen-bond acceptors (Lipinski definition) is 4. The van der Waals surface area contributed by atoms with E-state index < -0.39 is 20.7 Å². The molecule has 0 aromatic heterocycles. The van der Waals surface area contributed by atoms with Crippen LogP contribution in [0, 0.1) is 5.82 Å². The molecule has 1 aromatic rings. The van der Waals surface area contributed by atoms with E-state index in [4.69, 9.17) is 5.73 Å². The van der Waals surface area contributed by atoms with Gasteiger partial charge in [0.25, 0.3) is 0 Å². The first-order valence-electron chi connectivity index (χ1n) is 7.12. The van der Waals surface area contributed by atoms with Crippen molar-refractivity contribution in [3.63, 3.8) is 0 Å². The average Bonchev–Trinajstić information content (AvgIpc) is 2.46. The molecule has 21 heavy (non-hydrogen) atoms. The summed E-state index contributed by atoms with van der Waals surface area (Å²) >= 11 is 0. The van der Waals surface area contributed by atoms with Crippen LogP contribution in [0.3, 0.4) is 0 Å². The minimum atomic E-state index is -3.91. The zero-order valence-electron chi connectivity index (χ0n) is 12.4. The van der Waals surface area contributed by atoms with Crippen molar-refractivity contribution in [3.05, 3.63) is 24.0 Å². The first-order valence-corrected chi connectivity index (χ1v) is 8.56. The minimum Gasteiger partial charge on any atom is -0.398 e. The normalized spacial score (nSPS) is 18.3. The van der Waals surface area contributed by atoms with Crippen molar-refractivity contribution in [1.29, 1.82) is 0 Å². The highest BCUT2D eigenvalue weighted by atomic mass is 32.2. The fraction of sp³-hybridized carbons (Fsp3) is 0.571. The third-order valence-electron chi connectivity index (χ3n) is 4.15. The highest BCUT2D eigenvalue weighted by molar-refractivity contribution is 7.89. The summed E-state index contributed by atoms with van der Waals surface area (Å²) in [5.41, 5.74) is 5.62. The van der Waals surface area contributed by atoms with Gasteiger partial charge in [-0.1, -0.05) is 13.0 Å². The monoisotopic (exact) mass is 315 g/mol. The van der Waals surface area contributed by atoms with Crippen LogP contribution in [0.4, 0.5) is 10.1 Å². The van der Waals surface area contributed by atoms with E-state index in [1.807, 2.05) is 0 Å². The zero-order valence-corrected chi connectivity index (χ0v) is 13.2. The van der Waals surface area contributed by atoms with Crippen LogP contribution in [-0.2, 0) is 10.0 Å². The largest absolute Gasteiger partial charge is 0.398 e. The fourth-order valence-electron chi connectivity index (χ4n) is 2.74. The second-order valence-electron chi connectivity index (χ2n) is 5.34. The number of anilines is 1. The van der Waals surface area contributed by atoms with Crippen LogP contribution in [0.2, 0.25) is 0 Å². The molecule has 0 radical (unpaired) electrons. The number of nitrogens with two attached hydrogens (primary N) is 1. The van der Waals surface area contributed by atoms with Crippen molar-refractivity contribution in [2.24, 2.45) is 0 Å². The number of hydrogen-bond donors (Lipinski definition) is 1. The number of rotatable bonds is 4. The molecule has 5 nitrogen and oxygen atoms in total. The van der Waals surface area contributed by atoms with Gasteiger partial charge in [0, 0.05) is 13.1 Å². The van der Waals surface area contributed by atoms with E-state index >= 15 is 0 Å². The Labute approximate surface area is 125 Å². The molecule has 1 aliphatic rings. The van der Waals surface area contributed by atoms with Crippen molar-refractivity contribution < 1.29 is 12.8 Å². The maximum Gasteiger partial charge on any atom is 0.248 e. The molecule has 2 rings (SSSR count). The molecule has 1 saturated heterocycles. The molecule has 0 amide bonds. The van der Waals surface area contributed by atoms with Crippen LogP contribution < -0.4 is 5.73 Å².